The van der Waals surface area contributed by atoms with Gasteiger partial charge in [-0.2, -0.15) is 5.10 Å². The number of esters is 1. The van der Waals surface area contributed by atoms with Crippen LogP contribution in [-0.4, -0.2) is 39.3 Å². The molecular formula is C23H22ClN5O3. The molecule has 0 radical (unpaired) electrons. The summed E-state index contributed by atoms with van der Waals surface area (Å²) >= 11 is 0. The number of nitrogens with zero attached hydrogens (tertiary/aromatic N) is 3. The maximum absolute atomic E-state index is 12.5. The number of pyridine rings is 1. The van der Waals surface area contributed by atoms with E-state index in [1.165, 1.54) is 6.20 Å². The lowest BCUT2D eigenvalue weighted by Gasteiger charge is -2.13. The number of hydrogen-bond acceptors (Lipinski definition) is 6. The van der Waals surface area contributed by atoms with E-state index in [0.29, 0.717) is 11.3 Å². The van der Waals surface area contributed by atoms with E-state index < -0.39 is 17.9 Å². The molecule has 2 heterocycles. The Balaban J connectivity index is 0.00000289. The molecule has 2 aromatic heterocycles. The van der Waals surface area contributed by atoms with Crippen molar-refractivity contribution >= 4 is 40.9 Å². The van der Waals surface area contributed by atoms with Crippen LogP contribution >= 0.6 is 12.4 Å². The van der Waals surface area contributed by atoms with Crippen LogP contribution in [0.15, 0.2) is 73.2 Å². The Morgan fingerprint density at radius 2 is 1.97 bits per heavy atom. The molecule has 0 bridgehead atoms. The Kier molecular flexibility index (Phi) is 7.19. The minimum absolute atomic E-state index is 0. The molecule has 0 saturated heterocycles. The van der Waals surface area contributed by atoms with Crippen molar-refractivity contribution in [2.24, 2.45) is 5.73 Å². The second-order valence-electron chi connectivity index (χ2n) is 7.10. The summed E-state index contributed by atoms with van der Waals surface area (Å²) in [6.45, 7) is 1.77. The first kappa shape index (κ1) is 22.9. The predicted molar refractivity (Wildman–Crippen MR) is 124 cm³/mol. The fourth-order valence-electron chi connectivity index (χ4n) is 3.10. The van der Waals surface area contributed by atoms with Crippen molar-refractivity contribution in [3.8, 4) is 5.69 Å². The van der Waals surface area contributed by atoms with Crippen molar-refractivity contribution < 1.29 is 14.3 Å². The number of anilines is 1. The molecule has 0 aliphatic rings. The Labute approximate surface area is 190 Å². The van der Waals surface area contributed by atoms with E-state index in [2.05, 4.69) is 15.4 Å². The highest BCUT2D eigenvalue weighted by atomic mass is 35.5. The lowest BCUT2D eigenvalue weighted by Crippen LogP contribution is -2.40. The SMILES string of the molecule is Cc1cccc(-n2ncc3ccc(NC(=O)[C@@H](N)COC(=O)c4cccnc4)cc32)c1.Cl. The predicted octanol–water partition coefficient (Wildman–Crippen LogP) is 3.27. The molecule has 0 unspecified atom stereocenters. The van der Waals surface area contributed by atoms with Crippen LogP contribution in [0.4, 0.5) is 5.69 Å². The summed E-state index contributed by atoms with van der Waals surface area (Å²) < 4.78 is 6.93. The van der Waals surface area contributed by atoms with Crippen LogP contribution in [0.3, 0.4) is 0 Å². The molecule has 4 rings (SSSR count). The lowest BCUT2D eigenvalue weighted by molar-refractivity contribution is -0.118. The second-order valence-corrected chi connectivity index (χ2v) is 7.10. The van der Waals surface area contributed by atoms with E-state index in [9.17, 15) is 9.59 Å². The average molecular weight is 452 g/mol. The Morgan fingerprint density at radius 1 is 1.12 bits per heavy atom. The highest BCUT2D eigenvalue weighted by molar-refractivity contribution is 5.97. The summed E-state index contributed by atoms with van der Waals surface area (Å²) in [5.74, 6) is -1.04. The summed E-state index contributed by atoms with van der Waals surface area (Å²) in [5.41, 5.74) is 9.66. The number of fused-ring (bicyclic) bond motifs is 1. The van der Waals surface area contributed by atoms with Crippen molar-refractivity contribution in [3.63, 3.8) is 0 Å². The Hall–Kier alpha value is -3.75. The van der Waals surface area contributed by atoms with Crippen LogP contribution in [-0.2, 0) is 9.53 Å². The fraction of sp³-hybridized carbons (Fsp3) is 0.130. The zero-order valence-electron chi connectivity index (χ0n) is 17.3. The Bertz CT molecular complexity index is 1240. The first-order valence-electron chi connectivity index (χ1n) is 9.70. The van der Waals surface area contributed by atoms with E-state index in [1.807, 2.05) is 48.0 Å². The van der Waals surface area contributed by atoms with Crippen LogP contribution in [0.25, 0.3) is 16.6 Å². The van der Waals surface area contributed by atoms with Crippen molar-refractivity contribution in [2.45, 2.75) is 13.0 Å². The summed E-state index contributed by atoms with van der Waals surface area (Å²) in [6, 6.07) is 15.7. The minimum Gasteiger partial charge on any atom is -0.460 e. The molecule has 4 aromatic rings. The van der Waals surface area contributed by atoms with Gasteiger partial charge in [0, 0.05) is 23.5 Å². The summed E-state index contributed by atoms with van der Waals surface area (Å²) in [6.07, 6.45) is 4.71. The van der Waals surface area contributed by atoms with Gasteiger partial charge in [0.1, 0.15) is 12.6 Å². The fourth-order valence-corrected chi connectivity index (χ4v) is 3.10. The van der Waals surface area contributed by atoms with Gasteiger partial charge in [-0.15, -0.1) is 12.4 Å². The molecule has 3 N–H and O–H groups in total. The lowest BCUT2D eigenvalue weighted by atomic mass is 10.2. The summed E-state index contributed by atoms with van der Waals surface area (Å²) in [7, 11) is 0. The number of benzene rings is 2. The smallest absolute Gasteiger partial charge is 0.339 e. The molecule has 0 aliphatic carbocycles. The molecule has 0 saturated carbocycles. The quantitative estimate of drug-likeness (QED) is 0.435. The standard InChI is InChI=1S/C23H21N5O3.ClH/c1-15-4-2-6-19(10-15)28-21-11-18(8-7-16(21)13-26-28)27-22(29)20(24)14-31-23(30)17-5-3-9-25-12-17;/h2-13,20H,14,24H2,1H3,(H,27,29);1H/t20-;/m0./s1. The van der Waals surface area contributed by atoms with E-state index in [1.54, 1.807) is 30.6 Å². The first-order chi connectivity index (χ1) is 15.0. The van der Waals surface area contributed by atoms with Crippen molar-refractivity contribution in [3.05, 3.63) is 84.3 Å². The number of carbonyl (C=O) groups excluding carboxylic acids is 2. The third-order valence-corrected chi connectivity index (χ3v) is 4.71. The summed E-state index contributed by atoms with van der Waals surface area (Å²) in [5, 5.41) is 8.16. The van der Waals surface area contributed by atoms with Gasteiger partial charge < -0.3 is 15.8 Å². The molecule has 32 heavy (non-hydrogen) atoms. The Morgan fingerprint density at radius 3 is 2.72 bits per heavy atom. The maximum Gasteiger partial charge on any atom is 0.339 e. The third kappa shape index (κ3) is 5.11. The van der Waals surface area contributed by atoms with Gasteiger partial charge in [0.2, 0.25) is 5.91 Å². The van der Waals surface area contributed by atoms with Crippen molar-refractivity contribution in [1.82, 2.24) is 14.8 Å². The number of rotatable bonds is 6. The van der Waals surface area contributed by atoms with Gasteiger partial charge in [0.05, 0.1) is 23.0 Å². The third-order valence-electron chi connectivity index (χ3n) is 4.71. The largest absolute Gasteiger partial charge is 0.460 e. The number of nitrogens with two attached hydrogens (primary N) is 1. The summed E-state index contributed by atoms with van der Waals surface area (Å²) in [4.78, 5) is 28.3. The normalized spacial score (nSPS) is 11.4. The molecule has 1 amide bonds. The van der Waals surface area contributed by atoms with Gasteiger partial charge in [-0.3, -0.25) is 9.78 Å². The monoisotopic (exact) mass is 451 g/mol. The molecule has 0 aliphatic heterocycles. The maximum atomic E-state index is 12.5. The number of nitrogens with one attached hydrogen (secondary N) is 1. The molecule has 2 aromatic carbocycles. The number of aromatic nitrogens is 3. The molecule has 0 fully saturated rings. The topological polar surface area (TPSA) is 112 Å². The van der Waals surface area contributed by atoms with Crippen LogP contribution in [0.5, 0.6) is 0 Å². The first-order valence-corrected chi connectivity index (χ1v) is 9.70. The van der Waals surface area contributed by atoms with Crippen molar-refractivity contribution in [2.75, 3.05) is 11.9 Å². The zero-order valence-corrected chi connectivity index (χ0v) is 18.1. The molecule has 9 heteroatoms. The van der Waals surface area contributed by atoms with E-state index in [0.717, 1.165) is 22.2 Å². The van der Waals surface area contributed by atoms with Gasteiger partial charge in [-0.05, 0) is 55.0 Å². The number of carbonyl (C=O) groups is 2. The van der Waals surface area contributed by atoms with Crippen LogP contribution in [0.2, 0.25) is 0 Å². The van der Waals surface area contributed by atoms with Crippen LogP contribution in [0.1, 0.15) is 15.9 Å². The zero-order chi connectivity index (χ0) is 21.8. The van der Waals surface area contributed by atoms with Gasteiger partial charge in [0.25, 0.3) is 0 Å². The highest BCUT2D eigenvalue weighted by Gasteiger charge is 2.17. The van der Waals surface area contributed by atoms with E-state index in [-0.39, 0.29) is 19.0 Å². The van der Waals surface area contributed by atoms with Crippen LogP contribution < -0.4 is 11.1 Å². The van der Waals surface area contributed by atoms with Gasteiger partial charge in [-0.25, -0.2) is 9.48 Å². The molecule has 164 valence electrons. The molecular weight excluding hydrogens is 430 g/mol. The molecule has 0 spiro atoms. The van der Waals surface area contributed by atoms with Gasteiger partial charge in [-0.1, -0.05) is 12.1 Å². The van der Waals surface area contributed by atoms with Crippen molar-refractivity contribution in [1.29, 1.82) is 0 Å². The van der Waals surface area contributed by atoms with E-state index in [4.69, 9.17) is 10.5 Å². The van der Waals surface area contributed by atoms with E-state index >= 15 is 0 Å². The highest BCUT2D eigenvalue weighted by Crippen LogP contribution is 2.22. The van der Waals surface area contributed by atoms with Crippen LogP contribution in [0, 0.1) is 6.92 Å². The number of hydrogen-bond donors (Lipinski definition) is 2. The average Bonchev–Trinajstić information content (AvgIpc) is 3.21. The molecule has 1 atom stereocenters. The number of amides is 1. The minimum atomic E-state index is -1.02. The van der Waals surface area contributed by atoms with Gasteiger partial charge in [0.15, 0.2) is 0 Å². The number of ether oxygens (including phenoxy) is 1. The van der Waals surface area contributed by atoms with Gasteiger partial charge >= 0.3 is 5.97 Å². The number of aryl methyl sites for hydroxylation is 1. The number of halogens is 1. The second kappa shape index (κ2) is 10.0. The molecule has 8 nitrogen and oxygen atoms in total.